The standard InChI is InChI=1S/C7H9NO2/c1-2-5-4-8-6(5)3-7(9)10/h4H,2-3H2,1H3,(H,9,10). The predicted octanol–water partition coefficient (Wildman–Crippen LogP) is 1.21. The number of nitrogens with zero attached hydrogens (tertiary/aromatic N) is 1. The molecule has 3 nitrogen and oxygen atoms in total. The normalized spacial score (nSPS) is 15.3. The summed E-state index contributed by atoms with van der Waals surface area (Å²) < 4.78 is 0. The molecule has 0 saturated carbocycles. The van der Waals surface area contributed by atoms with E-state index in [9.17, 15) is 4.79 Å². The summed E-state index contributed by atoms with van der Waals surface area (Å²) in [5.74, 6) is -0.808. The summed E-state index contributed by atoms with van der Waals surface area (Å²) in [7, 11) is 0. The Morgan fingerprint density at radius 3 is 2.80 bits per heavy atom. The van der Waals surface area contributed by atoms with Crippen LogP contribution in [0.5, 0.6) is 0 Å². The van der Waals surface area contributed by atoms with Crippen molar-refractivity contribution in [2.75, 3.05) is 0 Å². The van der Waals surface area contributed by atoms with Crippen molar-refractivity contribution in [2.24, 2.45) is 4.99 Å². The second-order valence-electron chi connectivity index (χ2n) is 2.15. The van der Waals surface area contributed by atoms with Gasteiger partial charge in [0.1, 0.15) is 0 Å². The molecule has 0 spiro atoms. The van der Waals surface area contributed by atoms with Crippen LogP contribution in [0.15, 0.2) is 16.8 Å². The van der Waals surface area contributed by atoms with Crippen molar-refractivity contribution in [3.05, 3.63) is 11.8 Å². The third-order valence-corrected chi connectivity index (χ3v) is 1.45. The molecule has 0 amide bonds. The fourth-order valence-corrected chi connectivity index (χ4v) is 0.845. The van der Waals surface area contributed by atoms with Gasteiger partial charge >= 0.3 is 5.97 Å². The van der Waals surface area contributed by atoms with Crippen LogP contribution in [0.4, 0.5) is 0 Å². The molecule has 54 valence electrons. The lowest BCUT2D eigenvalue weighted by Crippen LogP contribution is -2.13. The molecule has 1 heterocycles. The number of aliphatic imine (C=N–C) groups is 1. The monoisotopic (exact) mass is 139 g/mol. The Labute approximate surface area is 59.1 Å². The molecular formula is C7H9NO2. The first kappa shape index (κ1) is 6.99. The van der Waals surface area contributed by atoms with Gasteiger partial charge in [-0.2, -0.15) is 0 Å². The molecule has 0 aromatic rings. The highest BCUT2D eigenvalue weighted by Gasteiger charge is 2.14. The van der Waals surface area contributed by atoms with Crippen molar-refractivity contribution >= 4 is 11.7 Å². The summed E-state index contributed by atoms with van der Waals surface area (Å²) in [4.78, 5) is 14.0. The van der Waals surface area contributed by atoms with E-state index in [0.29, 0.717) is 0 Å². The summed E-state index contributed by atoms with van der Waals surface area (Å²) in [5, 5.41) is 8.35. The maximum Gasteiger partial charge on any atom is 0.309 e. The van der Waals surface area contributed by atoms with Crippen LogP contribution in [-0.4, -0.2) is 16.8 Å². The fourth-order valence-electron chi connectivity index (χ4n) is 0.845. The third kappa shape index (κ3) is 1.23. The van der Waals surface area contributed by atoms with Crippen molar-refractivity contribution in [2.45, 2.75) is 19.8 Å². The van der Waals surface area contributed by atoms with Gasteiger partial charge in [0, 0.05) is 6.20 Å². The van der Waals surface area contributed by atoms with E-state index < -0.39 is 5.97 Å². The van der Waals surface area contributed by atoms with Crippen LogP contribution in [0.2, 0.25) is 0 Å². The molecule has 0 aliphatic carbocycles. The van der Waals surface area contributed by atoms with Gasteiger partial charge in [-0.15, -0.1) is 0 Å². The quantitative estimate of drug-likeness (QED) is 0.638. The number of carboxylic acid groups (broad SMARTS) is 1. The number of hydrogen-bond acceptors (Lipinski definition) is 2. The maximum absolute atomic E-state index is 10.2. The van der Waals surface area contributed by atoms with E-state index in [1.807, 2.05) is 6.92 Å². The highest BCUT2D eigenvalue weighted by Crippen LogP contribution is 2.15. The molecule has 1 rings (SSSR count). The highest BCUT2D eigenvalue weighted by atomic mass is 16.4. The molecule has 0 bridgehead atoms. The van der Waals surface area contributed by atoms with Crippen molar-refractivity contribution in [1.29, 1.82) is 0 Å². The van der Waals surface area contributed by atoms with Gasteiger partial charge in [-0.25, -0.2) is 0 Å². The van der Waals surface area contributed by atoms with Crippen molar-refractivity contribution in [3.63, 3.8) is 0 Å². The molecule has 0 radical (unpaired) electrons. The first-order valence-electron chi connectivity index (χ1n) is 3.22. The van der Waals surface area contributed by atoms with Crippen molar-refractivity contribution in [3.8, 4) is 0 Å². The molecule has 10 heavy (non-hydrogen) atoms. The van der Waals surface area contributed by atoms with E-state index in [0.717, 1.165) is 17.7 Å². The van der Waals surface area contributed by atoms with Gasteiger partial charge in [0.2, 0.25) is 0 Å². The van der Waals surface area contributed by atoms with Crippen LogP contribution >= 0.6 is 0 Å². The van der Waals surface area contributed by atoms with Gasteiger partial charge in [-0.1, -0.05) is 6.92 Å². The van der Waals surface area contributed by atoms with E-state index in [4.69, 9.17) is 5.11 Å². The van der Waals surface area contributed by atoms with E-state index >= 15 is 0 Å². The van der Waals surface area contributed by atoms with Gasteiger partial charge in [0.15, 0.2) is 0 Å². The number of allylic oxidation sites excluding steroid dienone is 1. The molecule has 1 aliphatic rings. The molecule has 1 N–H and O–H groups in total. The molecule has 0 saturated heterocycles. The molecule has 0 fully saturated rings. The largest absolute Gasteiger partial charge is 0.481 e. The smallest absolute Gasteiger partial charge is 0.309 e. The average Bonchev–Trinajstić information content (AvgIpc) is 1.82. The number of rotatable bonds is 3. The lowest BCUT2D eigenvalue weighted by Gasteiger charge is -2.11. The SMILES string of the molecule is CCC1=CN=C1CC(=O)O. The minimum atomic E-state index is -0.808. The van der Waals surface area contributed by atoms with Gasteiger partial charge in [0.25, 0.3) is 0 Å². The summed E-state index contributed by atoms with van der Waals surface area (Å²) in [6.45, 7) is 1.99. The second kappa shape index (κ2) is 2.64. The van der Waals surface area contributed by atoms with Crippen LogP contribution in [0.1, 0.15) is 19.8 Å². The molecule has 0 atom stereocenters. The van der Waals surface area contributed by atoms with Gasteiger partial charge in [0.05, 0.1) is 12.1 Å². The van der Waals surface area contributed by atoms with Gasteiger partial charge in [-0.3, -0.25) is 9.79 Å². The number of aliphatic carboxylic acids is 1. The molecule has 0 unspecified atom stereocenters. The topological polar surface area (TPSA) is 49.7 Å². The Morgan fingerprint density at radius 2 is 2.50 bits per heavy atom. The first-order chi connectivity index (χ1) is 4.74. The fraction of sp³-hybridized carbons (Fsp3) is 0.429. The Kier molecular flexibility index (Phi) is 1.85. The number of carbonyl (C=O) groups is 1. The van der Waals surface area contributed by atoms with E-state index in [1.165, 1.54) is 0 Å². The molecule has 0 aromatic carbocycles. The summed E-state index contributed by atoms with van der Waals surface area (Å²) in [5.41, 5.74) is 1.80. The Morgan fingerprint density at radius 1 is 1.80 bits per heavy atom. The Bertz CT molecular complexity index is 216. The first-order valence-corrected chi connectivity index (χ1v) is 3.22. The lowest BCUT2D eigenvalue weighted by atomic mass is 10.0. The zero-order chi connectivity index (χ0) is 7.56. The van der Waals surface area contributed by atoms with Crippen LogP contribution in [0.25, 0.3) is 0 Å². The van der Waals surface area contributed by atoms with Gasteiger partial charge in [-0.05, 0) is 12.0 Å². The zero-order valence-corrected chi connectivity index (χ0v) is 5.79. The number of carboxylic acids is 1. The van der Waals surface area contributed by atoms with Crippen molar-refractivity contribution < 1.29 is 9.90 Å². The Hall–Kier alpha value is -1.12. The van der Waals surface area contributed by atoms with E-state index in [-0.39, 0.29) is 6.42 Å². The maximum atomic E-state index is 10.2. The molecule has 3 heteroatoms. The highest BCUT2D eigenvalue weighted by molar-refractivity contribution is 6.11. The predicted molar refractivity (Wildman–Crippen MR) is 38.1 cm³/mol. The van der Waals surface area contributed by atoms with Gasteiger partial charge < -0.3 is 5.11 Å². The minimum Gasteiger partial charge on any atom is -0.481 e. The van der Waals surface area contributed by atoms with Crippen molar-refractivity contribution in [1.82, 2.24) is 0 Å². The second-order valence-corrected chi connectivity index (χ2v) is 2.15. The minimum absolute atomic E-state index is 0.0691. The average molecular weight is 139 g/mol. The van der Waals surface area contributed by atoms with Crippen LogP contribution in [-0.2, 0) is 4.79 Å². The summed E-state index contributed by atoms with van der Waals surface area (Å²) in [6.07, 6.45) is 2.67. The third-order valence-electron chi connectivity index (χ3n) is 1.45. The van der Waals surface area contributed by atoms with E-state index in [2.05, 4.69) is 4.99 Å². The Balaban J connectivity index is 2.40. The summed E-state index contributed by atoms with van der Waals surface area (Å²) >= 11 is 0. The number of hydrogen-bond donors (Lipinski definition) is 1. The molecular weight excluding hydrogens is 130 g/mol. The molecule has 0 aromatic heterocycles. The van der Waals surface area contributed by atoms with Crippen LogP contribution in [0.3, 0.4) is 0 Å². The van der Waals surface area contributed by atoms with Crippen LogP contribution in [0, 0.1) is 0 Å². The van der Waals surface area contributed by atoms with Crippen LogP contribution < -0.4 is 0 Å². The molecule has 1 aliphatic heterocycles. The zero-order valence-electron chi connectivity index (χ0n) is 5.79. The summed E-state index contributed by atoms with van der Waals surface area (Å²) in [6, 6.07) is 0. The van der Waals surface area contributed by atoms with E-state index in [1.54, 1.807) is 6.20 Å². The lowest BCUT2D eigenvalue weighted by molar-refractivity contribution is -0.135.